The Balaban J connectivity index is 1.83. The summed E-state index contributed by atoms with van der Waals surface area (Å²) in [6.45, 7) is 6.30. The molecule has 5 rings (SSSR count). The van der Waals surface area contributed by atoms with Gasteiger partial charge >= 0.3 is 0 Å². The highest BCUT2D eigenvalue weighted by atomic mass is 15.1. The molecule has 2 heterocycles. The molecule has 0 fully saturated rings. The number of aryl methyl sites for hydroxylation is 2. The highest BCUT2D eigenvalue weighted by Gasteiger charge is 2.26. The van der Waals surface area contributed by atoms with Crippen molar-refractivity contribution in [2.24, 2.45) is 0 Å². The Hall–Kier alpha value is -4.10. The summed E-state index contributed by atoms with van der Waals surface area (Å²) in [6, 6.07) is 27.5. The first-order valence-corrected chi connectivity index (χ1v) is 10.8. The summed E-state index contributed by atoms with van der Waals surface area (Å²) in [4.78, 5) is 3.48. The number of nitrogens with zero attached hydrogens (tertiary/aromatic N) is 2. The van der Waals surface area contributed by atoms with Crippen LogP contribution >= 0.6 is 0 Å². The zero-order valence-corrected chi connectivity index (χ0v) is 18.5. The van der Waals surface area contributed by atoms with Crippen LogP contribution in [0, 0.1) is 32.1 Å². The van der Waals surface area contributed by atoms with Gasteiger partial charge in [-0.15, -0.1) is 0 Å². The summed E-state index contributed by atoms with van der Waals surface area (Å²) < 4.78 is 2.16. The monoisotopic (exact) mass is 417 g/mol. The van der Waals surface area contributed by atoms with E-state index in [9.17, 15) is 5.26 Å². The molecular formula is C28H25N4+. The van der Waals surface area contributed by atoms with Crippen LogP contribution in [0.3, 0.4) is 0 Å². The topological polar surface area (TPSA) is 55.7 Å². The molecule has 3 aromatic carbocycles. The second-order valence-electron chi connectivity index (χ2n) is 8.35. The lowest BCUT2D eigenvalue weighted by atomic mass is 9.97. The molecule has 2 aromatic heterocycles. The van der Waals surface area contributed by atoms with Crippen molar-refractivity contribution in [1.29, 1.82) is 5.26 Å². The second kappa shape index (κ2) is 7.86. The lowest BCUT2D eigenvalue weighted by Crippen LogP contribution is -2.28. The molecule has 0 aliphatic carbocycles. The fourth-order valence-corrected chi connectivity index (χ4v) is 4.37. The lowest BCUT2D eigenvalue weighted by molar-refractivity contribution is -0.465. The van der Waals surface area contributed by atoms with Gasteiger partial charge in [0.05, 0.1) is 5.69 Å². The number of nitrogens with one attached hydrogen (secondary N) is 2. The fraction of sp³-hybridized carbons (Fsp3) is 0.143. The largest absolute Gasteiger partial charge is 0.273 e. The predicted molar refractivity (Wildman–Crippen MR) is 129 cm³/mol. The minimum atomic E-state index is 0.678. The summed E-state index contributed by atoms with van der Waals surface area (Å²) in [5.41, 5.74) is 10.4. The van der Waals surface area contributed by atoms with Crippen molar-refractivity contribution in [3.05, 3.63) is 106 Å². The molecule has 32 heavy (non-hydrogen) atoms. The third-order valence-corrected chi connectivity index (χ3v) is 6.30. The number of imidazole rings is 1. The van der Waals surface area contributed by atoms with Gasteiger partial charge < -0.3 is 0 Å². The third-order valence-electron chi connectivity index (χ3n) is 6.30. The van der Waals surface area contributed by atoms with E-state index in [-0.39, 0.29) is 0 Å². The maximum absolute atomic E-state index is 10.1. The van der Waals surface area contributed by atoms with E-state index in [1.165, 1.54) is 16.7 Å². The number of fused-ring (bicyclic) bond motifs is 3. The Morgan fingerprint density at radius 1 is 0.906 bits per heavy atom. The van der Waals surface area contributed by atoms with Crippen LogP contribution in [0.4, 0.5) is 11.5 Å². The average Bonchev–Trinajstić information content (AvgIpc) is 3.18. The number of rotatable bonds is 4. The SMILES string of the molecule is Cc1ccc(Nc2c(Cc3ccccc3)c(C)c(C#N)c3[nH]c4ccccc4[n+]23)cc1C. The zero-order chi connectivity index (χ0) is 22.2. The number of hydrogen-bond donors (Lipinski definition) is 2. The lowest BCUT2D eigenvalue weighted by Gasteiger charge is -2.15. The van der Waals surface area contributed by atoms with E-state index in [1.54, 1.807) is 0 Å². The minimum Gasteiger partial charge on any atom is -0.273 e. The molecule has 0 bridgehead atoms. The van der Waals surface area contributed by atoms with Crippen molar-refractivity contribution in [1.82, 2.24) is 4.98 Å². The standard InChI is InChI=1S/C28H24N4/c1-18-13-14-22(15-19(18)2)30-27-23(16-21-9-5-4-6-10-21)20(3)24(17-29)28-31-25-11-7-8-12-26(25)32(27)28/h4-15H,16H2,1-3H3,(H,30,31)/p+1. The second-order valence-corrected chi connectivity index (χ2v) is 8.35. The summed E-state index contributed by atoms with van der Waals surface area (Å²) in [5.74, 6) is 0.987. The van der Waals surface area contributed by atoms with Crippen molar-refractivity contribution in [2.45, 2.75) is 27.2 Å². The van der Waals surface area contributed by atoms with Gasteiger partial charge in [0, 0.05) is 12.0 Å². The zero-order valence-electron chi connectivity index (χ0n) is 18.5. The number of nitriles is 1. The molecule has 0 aliphatic heterocycles. The van der Waals surface area contributed by atoms with Crippen LogP contribution in [0.25, 0.3) is 16.7 Å². The van der Waals surface area contributed by atoms with E-state index in [0.29, 0.717) is 5.56 Å². The summed E-state index contributed by atoms with van der Waals surface area (Å²) >= 11 is 0. The average molecular weight is 418 g/mol. The summed E-state index contributed by atoms with van der Waals surface area (Å²) in [6.07, 6.45) is 0.733. The van der Waals surface area contributed by atoms with Gasteiger partial charge in [-0.3, -0.25) is 10.3 Å². The van der Waals surface area contributed by atoms with Gasteiger partial charge in [0.25, 0.3) is 0 Å². The van der Waals surface area contributed by atoms with Crippen molar-refractivity contribution in [3.63, 3.8) is 0 Å². The Morgan fingerprint density at radius 2 is 1.66 bits per heavy atom. The normalized spacial score (nSPS) is 11.1. The van der Waals surface area contributed by atoms with Crippen LogP contribution in [0.15, 0.2) is 72.8 Å². The molecule has 0 atom stereocenters. The molecule has 5 aromatic rings. The van der Waals surface area contributed by atoms with Gasteiger partial charge in [0.1, 0.15) is 22.7 Å². The quantitative estimate of drug-likeness (QED) is 0.350. The Kier molecular flexibility index (Phi) is 4.88. The molecule has 0 spiro atoms. The van der Waals surface area contributed by atoms with Crippen molar-refractivity contribution < 1.29 is 4.40 Å². The number of pyridine rings is 1. The maximum atomic E-state index is 10.1. The summed E-state index contributed by atoms with van der Waals surface area (Å²) in [5, 5.41) is 13.8. The van der Waals surface area contributed by atoms with Crippen LogP contribution in [-0.2, 0) is 6.42 Å². The van der Waals surface area contributed by atoms with Crippen LogP contribution in [0.2, 0.25) is 0 Å². The number of aromatic amines is 1. The molecule has 0 radical (unpaired) electrons. The van der Waals surface area contributed by atoms with Gasteiger partial charge in [-0.1, -0.05) is 48.5 Å². The van der Waals surface area contributed by atoms with Gasteiger partial charge in [-0.25, -0.2) is 0 Å². The molecule has 4 nitrogen and oxygen atoms in total. The number of benzene rings is 3. The molecule has 0 amide bonds. The number of anilines is 2. The molecule has 156 valence electrons. The van der Waals surface area contributed by atoms with Crippen molar-refractivity contribution in [3.8, 4) is 6.07 Å². The number of para-hydroxylation sites is 2. The van der Waals surface area contributed by atoms with Gasteiger partial charge in [-0.05, 0) is 67.3 Å². The van der Waals surface area contributed by atoms with Crippen LogP contribution in [0.5, 0.6) is 0 Å². The van der Waals surface area contributed by atoms with E-state index in [1.807, 2.05) is 25.1 Å². The Morgan fingerprint density at radius 3 is 2.41 bits per heavy atom. The van der Waals surface area contributed by atoms with E-state index < -0.39 is 0 Å². The first-order valence-electron chi connectivity index (χ1n) is 10.8. The van der Waals surface area contributed by atoms with Crippen molar-refractivity contribution >= 4 is 28.2 Å². The number of aromatic nitrogens is 2. The van der Waals surface area contributed by atoms with Gasteiger partial charge in [0.15, 0.2) is 0 Å². The van der Waals surface area contributed by atoms with Gasteiger partial charge in [-0.2, -0.15) is 9.66 Å². The third kappa shape index (κ3) is 3.29. The molecule has 0 aliphatic rings. The van der Waals surface area contributed by atoms with Crippen LogP contribution < -0.4 is 9.72 Å². The maximum Gasteiger partial charge on any atom is 0.250 e. The van der Waals surface area contributed by atoms with Crippen LogP contribution in [-0.4, -0.2) is 4.98 Å². The highest BCUT2D eigenvalue weighted by Crippen LogP contribution is 2.30. The van der Waals surface area contributed by atoms with E-state index in [0.717, 1.165) is 45.7 Å². The Bertz CT molecular complexity index is 1500. The number of H-pyrrole nitrogens is 1. The molecule has 0 saturated heterocycles. The van der Waals surface area contributed by atoms with Crippen LogP contribution in [0.1, 0.15) is 33.4 Å². The Labute approximate surface area is 187 Å². The molecule has 4 heteroatoms. The summed E-state index contributed by atoms with van der Waals surface area (Å²) in [7, 11) is 0. The van der Waals surface area contributed by atoms with Crippen molar-refractivity contribution in [2.75, 3.05) is 5.32 Å². The molecule has 0 unspecified atom stereocenters. The predicted octanol–water partition coefficient (Wildman–Crippen LogP) is 6.04. The van der Waals surface area contributed by atoms with E-state index >= 15 is 0 Å². The van der Waals surface area contributed by atoms with Gasteiger partial charge in [0.2, 0.25) is 11.5 Å². The first kappa shape index (κ1) is 19.8. The minimum absolute atomic E-state index is 0.678. The van der Waals surface area contributed by atoms with E-state index in [2.05, 4.69) is 89.2 Å². The smallest absolute Gasteiger partial charge is 0.250 e. The highest BCUT2D eigenvalue weighted by molar-refractivity contribution is 5.79. The fourth-order valence-electron chi connectivity index (χ4n) is 4.37. The molecular weight excluding hydrogens is 392 g/mol. The molecule has 2 N–H and O–H groups in total. The first-order chi connectivity index (χ1) is 15.6. The van der Waals surface area contributed by atoms with E-state index in [4.69, 9.17) is 0 Å². The number of hydrogen-bond acceptors (Lipinski definition) is 2. The molecule has 0 saturated carbocycles.